The number of hydrogen-bond donors (Lipinski definition) is 1. The van der Waals surface area contributed by atoms with Gasteiger partial charge in [0.05, 0.1) is 0 Å². The molecule has 1 amide bonds. The fourth-order valence-corrected chi connectivity index (χ4v) is 3.18. The summed E-state index contributed by atoms with van der Waals surface area (Å²) in [5.74, 6) is 0.0287. The number of para-hydroxylation sites is 1. The summed E-state index contributed by atoms with van der Waals surface area (Å²) < 4.78 is 5.43. The lowest BCUT2D eigenvalue weighted by molar-refractivity contribution is -0.130. The van der Waals surface area contributed by atoms with E-state index in [0.717, 1.165) is 25.9 Å². The maximum Gasteiger partial charge on any atom is 0.249 e. The first kappa shape index (κ1) is 14.4. The van der Waals surface area contributed by atoms with Crippen LogP contribution >= 0.6 is 0 Å². The SMILES string of the molecule is O=C(NCc1ccccc1N1CCCCC1)[C@H]1CCCO1. The van der Waals surface area contributed by atoms with Crippen LogP contribution in [0.25, 0.3) is 0 Å². The first-order chi connectivity index (χ1) is 10.3. The van der Waals surface area contributed by atoms with Crippen LogP contribution in [-0.4, -0.2) is 31.7 Å². The van der Waals surface area contributed by atoms with Crippen LogP contribution in [0.3, 0.4) is 0 Å². The Labute approximate surface area is 126 Å². The molecule has 1 aromatic rings. The van der Waals surface area contributed by atoms with Crippen molar-refractivity contribution in [3.8, 4) is 0 Å². The summed E-state index contributed by atoms with van der Waals surface area (Å²) in [7, 11) is 0. The molecule has 1 aromatic carbocycles. The standard InChI is InChI=1S/C17H24N2O2/c20-17(16-9-6-12-21-16)18-13-14-7-2-3-8-15(14)19-10-4-1-5-11-19/h2-3,7-8,16H,1,4-6,9-13H2,(H,18,20)/t16-/m1/s1. The number of anilines is 1. The smallest absolute Gasteiger partial charge is 0.249 e. The van der Waals surface area contributed by atoms with Crippen molar-refractivity contribution in [2.45, 2.75) is 44.8 Å². The third-order valence-electron chi connectivity index (χ3n) is 4.36. The minimum atomic E-state index is -0.243. The predicted octanol–water partition coefficient (Wildman–Crippen LogP) is 2.47. The Hall–Kier alpha value is -1.55. The number of nitrogens with one attached hydrogen (secondary N) is 1. The van der Waals surface area contributed by atoms with Gasteiger partial charge < -0.3 is 15.0 Å². The Morgan fingerprint density at radius 1 is 1.19 bits per heavy atom. The quantitative estimate of drug-likeness (QED) is 0.925. The molecule has 0 spiro atoms. The monoisotopic (exact) mass is 288 g/mol. The molecule has 4 heteroatoms. The second-order valence-electron chi connectivity index (χ2n) is 5.90. The van der Waals surface area contributed by atoms with Crippen molar-refractivity contribution in [1.82, 2.24) is 5.32 Å². The van der Waals surface area contributed by atoms with Gasteiger partial charge in [0.25, 0.3) is 0 Å². The van der Waals surface area contributed by atoms with Gasteiger partial charge >= 0.3 is 0 Å². The van der Waals surface area contributed by atoms with E-state index in [-0.39, 0.29) is 12.0 Å². The van der Waals surface area contributed by atoms with Crippen LogP contribution in [0.2, 0.25) is 0 Å². The van der Waals surface area contributed by atoms with Crippen molar-refractivity contribution in [2.24, 2.45) is 0 Å². The molecule has 114 valence electrons. The summed E-state index contributed by atoms with van der Waals surface area (Å²) in [6.45, 7) is 3.54. The first-order valence-corrected chi connectivity index (χ1v) is 8.07. The molecule has 0 bridgehead atoms. The number of benzene rings is 1. The number of hydrogen-bond acceptors (Lipinski definition) is 3. The van der Waals surface area contributed by atoms with E-state index >= 15 is 0 Å². The van der Waals surface area contributed by atoms with Gasteiger partial charge in [-0.05, 0) is 43.7 Å². The van der Waals surface area contributed by atoms with Gasteiger partial charge in [-0.3, -0.25) is 4.79 Å². The Bertz CT molecular complexity index is 477. The summed E-state index contributed by atoms with van der Waals surface area (Å²) in [6, 6.07) is 8.40. The molecule has 21 heavy (non-hydrogen) atoms. The third kappa shape index (κ3) is 3.56. The zero-order valence-electron chi connectivity index (χ0n) is 12.5. The van der Waals surface area contributed by atoms with Gasteiger partial charge in [0, 0.05) is 31.9 Å². The van der Waals surface area contributed by atoms with Gasteiger partial charge in [-0.2, -0.15) is 0 Å². The largest absolute Gasteiger partial charge is 0.371 e. The Kier molecular flexibility index (Phi) is 4.76. The number of carbonyl (C=O) groups excluding carboxylic acids is 1. The van der Waals surface area contributed by atoms with E-state index in [4.69, 9.17) is 4.74 Å². The topological polar surface area (TPSA) is 41.6 Å². The van der Waals surface area contributed by atoms with E-state index in [9.17, 15) is 4.79 Å². The second kappa shape index (κ2) is 6.94. The third-order valence-corrected chi connectivity index (χ3v) is 4.36. The van der Waals surface area contributed by atoms with E-state index < -0.39 is 0 Å². The molecule has 0 aromatic heterocycles. The molecule has 4 nitrogen and oxygen atoms in total. The highest BCUT2D eigenvalue weighted by Gasteiger charge is 2.23. The Balaban J connectivity index is 1.63. The van der Waals surface area contributed by atoms with Crippen molar-refractivity contribution < 1.29 is 9.53 Å². The van der Waals surface area contributed by atoms with Gasteiger partial charge in [-0.1, -0.05) is 18.2 Å². The van der Waals surface area contributed by atoms with Crippen LogP contribution in [-0.2, 0) is 16.1 Å². The van der Waals surface area contributed by atoms with Gasteiger partial charge in [0.2, 0.25) is 5.91 Å². The zero-order chi connectivity index (χ0) is 14.5. The number of piperidine rings is 1. The van der Waals surface area contributed by atoms with Crippen molar-refractivity contribution in [1.29, 1.82) is 0 Å². The normalized spacial score (nSPS) is 22.3. The fourth-order valence-electron chi connectivity index (χ4n) is 3.18. The Morgan fingerprint density at radius 3 is 2.76 bits per heavy atom. The Morgan fingerprint density at radius 2 is 2.00 bits per heavy atom. The van der Waals surface area contributed by atoms with Crippen molar-refractivity contribution >= 4 is 11.6 Å². The fraction of sp³-hybridized carbons (Fsp3) is 0.588. The molecular formula is C17H24N2O2. The van der Waals surface area contributed by atoms with Crippen LogP contribution in [0, 0.1) is 0 Å². The van der Waals surface area contributed by atoms with Crippen LogP contribution < -0.4 is 10.2 Å². The number of carbonyl (C=O) groups is 1. The lowest BCUT2D eigenvalue weighted by Gasteiger charge is -2.30. The molecule has 2 saturated heterocycles. The highest BCUT2D eigenvalue weighted by atomic mass is 16.5. The van der Waals surface area contributed by atoms with Gasteiger partial charge in [-0.25, -0.2) is 0 Å². The first-order valence-electron chi connectivity index (χ1n) is 8.07. The lowest BCUT2D eigenvalue weighted by Crippen LogP contribution is -2.35. The van der Waals surface area contributed by atoms with Gasteiger partial charge in [0.15, 0.2) is 0 Å². The number of rotatable bonds is 4. The minimum Gasteiger partial charge on any atom is -0.371 e. The molecule has 2 aliphatic rings. The molecule has 0 aliphatic carbocycles. The van der Waals surface area contributed by atoms with Crippen molar-refractivity contribution in [3.05, 3.63) is 29.8 Å². The predicted molar refractivity (Wildman–Crippen MR) is 83.3 cm³/mol. The van der Waals surface area contributed by atoms with Crippen molar-refractivity contribution in [2.75, 3.05) is 24.6 Å². The zero-order valence-corrected chi connectivity index (χ0v) is 12.5. The van der Waals surface area contributed by atoms with Gasteiger partial charge in [-0.15, -0.1) is 0 Å². The number of nitrogens with zero attached hydrogens (tertiary/aromatic N) is 1. The lowest BCUT2D eigenvalue weighted by atomic mass is 10.1. The average molecular weight is 288 g/mol. The van der Waals surface area contributed by atoms with E-state index in [2.05, 4.69) is 28.4 Å². The molecule has 0 unspecified atom stereocenters. The second-order valence-corrected chi connectivity index (χ2v) is 5.90. The number of ether oxygens (including phenoxy) is 1. The van der Waals surface area contributed by atoms with Crippen molar-refractivity contribution in [3.63, 3.8) is 0 Å². The highest BCUT2D eigenvalue weighted by Crippen LogP contribution is 2.24. The number of amides is 1. The molecule has 2 aliphatic heterocycles. The summed E-state index contributed by atoms with van der Waals surface area (Å²) in [6.07, 6.45) is 5.44. The molecule has 2 fully saturated rings. The molecule has 1 N–H and O–H groups in total. The summed E-state index contributed by atoms with van der Waals surface area (Å²) in [5, 5.41) is 3.03. The maximum absolute atomic E-state index is 12.1. The van der Waals surface area contributed by atoms with Crippen LogP contribution in [0.5, 0.6) is 0 Å². The van der Waals surface area contributed by atoms with E-state index in [1.54, 1.807) is 0 Å². The summed E-state index contributed by atoms with van der Waals surface area (Å²) >= 11 is 0. The van der Waals surface area contributed by atoms with Gasteiger partial charge in [0.1, 0.15) is 6.10 Å². The molecular weight excluding hydrogens is 264 g/mol. The van der Waals surface area contributed by atoms with E-state index in [1.807, 2.05) is 6.07 Å². The molecule has 0 radical (unpaired) electrons. The summed E-state index contributed by atoms with van der Waals surface area (Å²) in [4.78, 5) is 14.5. The molecule has 2 heterocycles. The molecule has 3 rings (SSSR count). The molecule has 1 atom stereocenters. The maximum atomic E-state index is 12.1. The van der Waals surface area contributed by atoms with E-state index in [1.165, 1.54) is 30.5 Å². The van der Waals surface area contributed by atoms with Crippen LogP contribution in [0.15, 0.2) is 24.3 Å². The minimum absolute atomic E-state index is 0.0287. The highest BCUT2D eigenvalue weighted by molar-refractivity contribution is 5.81. The summed E-state index contributed by atoms with van der Waals surface area (Å²) in [5.41, 5.74) is 2.47. The van der Waals surface area contributed by atoms with E-state index in [0.29, 0.717) is 13.2 Å². The molecule has 0 saturated carbocycles. The average Bonchev–Trinajstić information content (AvgIpc) is 3.08. The van der Waals surface area contributed by atoms with Crippen LogP contribution in [0.4, 0.5) is 5.69 Å². The van der Waals surface area contributed by atoms with Crippen LogP contribution in [0.1, 0.15) is 37.7 Å².